The van der Waals surface area contributed by atoms with Crippen molar-refractivity contribution in [2.45, 2.75) is 46.0 Å². The Bertz CT molecular complexity index is 640. The summed E-state index contributed by atoms with van der Waals surface area (Å²) in [4.78, 5) is 27.8. The zero-order valence-electron chi connectivity index (χ0n) is 14.6. The first kappa shape index (κ1) is 17.4. The van der Waals surface area contributed by atoms with E-state index in [2.05, 4.69) is 24.1 Å². The molecule has 2 heterocycles. The molecule has 1 aliphatic carbocycles. The maximum Gasteiger partial charge on any atom is 0.251 e. The molecule has 3 rings (SSSR count). The third-order valence-corrected chi connectivity index (χ3v) is 6.29. The van der Waals surface area contributed by atoms with Gasteiger partial charge in [0.25, 0.3) is 5.91 Å². The summed E-state index contributed by atoms with van der Waals surface area (Å²) in [5.41, 5.74) is 7.21. The lowest BCUT2D eigenvalue weighted by molar-refractivity contribution is -0.117. The van der Waals surface area contributed by atoms with E-state index in [0.29, 0.717) is 28.9 Å². The lowest BCUT2D eigenvalue weighted by atomic mass is 9.88. The second kappa shape index (κ2) is 7.23. The SMILES string of the molecule is C[C@H]1CCc2c(sc(NC(=O)CN3CCC[C@H](C)C3)c2C(N)=O)C1. The van der Waals surface area contributed by atoms with Crippen LogP contribution in [0, 0.1) is 11.8 Å². The lowest BCUT2D eigenvalue weighted by Gasteiger charge is -2.30. The number of thiophene rings is 1. The van der Waals surface area contributed by atoms with Crippen molar-refractivity contribution >= 4 is 28.2 Å². The van der Waals surface area contributed by atoms with Gasteiger partial charge in [0.05, 0.1) is 12.1 Å². The Morgan fingerprint density at radius 2 is 2.08 bits per heavy atom. The molecule has 1 aromatic rings. The molecule has 0 unspecified atom stereocenters. The Kier molecular flexibility index (Phi) is 5.25. The molecule has 2 aliphatic rings. The van der Waals surface area contributed by atoms with Gasteiger partial charge in [-0.05, 0) is 56.0 Å². The number of carbonyl (C=O) groups is 2. The van der Waals surface area contributed by atoms with Gasteiger partial charge in [-0.1, -0.05) is 13.8 Å². The maximum absolute atomic E-state index is 12.4. The minimum absolute atomic E-state index is 0.0433. The van der Waals surface area contributed by atoms with Crippen LogP contribution in [0.5, 0.6) is 0 Å². The predicted molar refractivity (Wildman–Crippen MR) is 97.5 cm³/mol. The van der Waals surface area contributed by atoms with Crippen molar-refractivity contribution in [3.8, 4) is 0 Å². The van der Waals surface area contributed by atoms with Crippen molar-refractivity contribution in [3.63, 3.8) is 0 Å². The molecular formula is C18H27N3O2S. The van der Waals surface area contributed by atoms with Crippen molar-refractivity contribution in [2.75, 3.05) is 25.0 Å². The highest BCUT2D eigenvalue weighted by molar-refractivity contribution is 7.17. The molecule has 0 spiro atoms. The number of piperidine rings is 1. The number of nitrogens with two attached hydrogens (primary N) is 1. The third kappa shape index (κ3) is 3.81. The van der Waals surface area contributed by atoms with E-state index in [1.807, 2.05) is 0 Å². The van der Waals surface area contributed by atoms with Crippen LogP contribution < -0.4 is 11.1 Å². The van der Waals surface area contributed by atoms with Gasteiger partial charge in [0.2, 0.25) is 5.91 Å². The summed E-state index contributed by atoms with van der Waals surface area (Å²) in [6.07, 6.45) is 5.31. The van der Waals surface area contributed by atoms with Gasteiger partial charge in [-0.25, -0.2) is 0 Å². The van der Waals surface area contributed by atoms with Gasteiger partial charge in [0.15, 0.2) is 0 Å². The number of nitrogens with zero attached hydrogens (tertiary/aromatic N) is 1. The van der Waals surface area contributed by atoms with Crippen molar-refractivity contribution in [1.29, 1.82) is 0 Å². The van der Waals surface area contributed by atoms with Crippen LogP contribution in [0.25, 0.3) is 0 Å². The minimum Gasteiger partial charge on any atom is -0.365 e. The number of likely N-dealkylation sites (tertiary alicyclic amines) is 1. The molecule has 3 N–H and O–H groups in total. The van der Waals surface area contributed by atoms with E-state index >= 15 is 0 Å². The average Bonchev–Trinajstić information content (AvgIpc) is 2.83. The normalized spacial score (nSPS) is 24.4. The first-order valence-corrected chi connectivity index (χ1v) is 9.72. The predicted octanol–water partition coefficient (Wildman–Crippen LogP) is 2.64. The number of rotatable bonds is 4. The van der Waals surface area contributed by atoms with Crippen LogP contribution in [-0.2, 0) is 17.6 Å². The molecule has 0 radical (unpaired) electrons. The summed E-state index contributed by atoms with van der Waals surface area (Å²) in [6, 6.07) is 0. The topological polar surface area (TPSA) is 75.4 Å². The fourth-order valence-electron chi connectivity index (χ4n) is 3.90. The van der Waals surface area contributed by atoms with Gasteiger partial charge in [-0.2, -0.15) is 0 Å². The standard InChI is InChI=1S/C18H27N3O2S/c1-11-5-6-13-14(8-11)24-18(16(13)17(19)23)20-15(22)10-21-7-3-4-12(2)9-21/h11-12H,3-10H2,1-2H3,(H2,19,23)(H,20,22)/t11-,12-/m0/s1. The molecule has 1 aromatic heterocycles. The van der Waals surface area contributed by atoms with E-state index in [4.69, 9.17) is 5.73 Å². The first-order chi connectivity index (χ1) is 11.4. The van der Waals surface area contributed by atoms with Crippen molar-refractivity contribution in [1.82, 2.24) is 4.90 Å². The van der Waals surface area contributed by atoms with E-state index in [9.17, 15) is 9.59 Å². The average molecular weight is 350 g/mol. The second-order valence-corrected chi connectivity index (χ2v) is 8.56. The Labute approximate surface area is 147 Å². The number of hydrogen-bond donors (Lipinski definition) is 2. The molecule has 0 aromatic carbocycles. The number of nitrogens with one attached hydrogen (secondary N) is 1. The van der Waals surface area contributed by atoms with E-state index in [-0.39, 0.29) is 5.91 Å². The number of fused-ring (bicyclic) bond motifs is 1. The lowest BCUT2D eigenvalue weighted by Crippen LogP contribution is -2.39. The largest absolute Gasteiger partial charge is 0.365 e. The Balaban J connectivity index is 1.72. The number of carbonyl (C=O) groups excluding carboxylic acids is 2. The van der Waals surface area contributed by atoms with Crippen LogP contribution in [-0.4, -0.2) is 36.3 Å². The molecule has 5 nitrogen and oxygen atoms in total. The van der Waals surface area contributed by atoms with E-state index in [1.165, 1.54) is 22.6 Å². The zero-order chi connectivity index (χ0) is 17.3. The zero-order valence-corrected chi connectivity index (χ0v) is 15.4. The Morgan fingerprint density at radius 1 is 1.29 bits per heavy atom. The highest BCUT2D eigenvalue weighted by Gasteiger charge is 2.27. The summed E-state index contributed by atoms with van der Waals surface area (Å²) in [5, 5.41) is 3.61. The van der Waals surface area contributed by atoms with Crippen LogP contribution in [0.15, 0.2) is 0 Å². The van der Waals surface area contributed by atoms with Crippen LogP contribution in [0.3, 0.4) is 0 Å². The maximum atomic E-state index is 12.4. The van der Waals surface area contributed by atoms with Crippen LogP contribution in [0.4, 0.5) is 5.00 Å². The van der Waals surface area contributed by atoms with Gasteiger partial charge in [0, 0.05) is 11.4 Å². The van der Waals surface area contributed by atoms with Gasteiger partial charge in [-0.15, -0.1) is 11.3 Å². The van der Waals surface area contributed by atoms with Crippen LogP contribution >= 0.6 is 11.3 Å². The number of amides is 2. The fourth-order valence-corrected chi connectivity index (χ4v) is 5.33. The molecular weight excluding hydrogens is 322 g/mol. The van der Waals surface area contributed by atoms with Crippen molar-refractivity contribution in [2.24, 2.45) is 17.6 Å². The Morgan fingerprint density at radius 3 is 2.79 bits per heavy atom. The van der Waals surface area contributed by atoms with Crippen molar-refractivity contribution in [3.05, 3.63) is 16.0 Å². The number of anilines is 1. The van der Waals surface area contributed by atoms with Gasteiger partial charge in [-0.3, -0.25) is 14.5 Å². The van der Waals surface area contributed by atoms with Crippen molar-refractivity contribution < 1.29 is 9.59 Å². The summed E-state index contributed by atoms with van der Waals surface area (Å²) in [5.74, 6) is 0.792. The van der Waals surface area contributed by atoms with Gasteiger partial charge < -0.3 is 11.1 Å². The van der Waals surface area contributed by atoms with E-state index in [1.54, 1.807) is 0 Å². The smallest absolute Gasteiger partial charge is 0.251 e. The minimum atomic E-state index is -0.427. The number of hydrogen-bond acceptors (Lipinski definition) is 4. The summed E-state index contributed by atoms with van der Waals surface area (Å²) in [6.45, 7) is 6.78. The van der Waals surface area contributed by atoms with Crippen LogP contribution in [0.2, 0.25) is 0 Å². The fraction of sp³-hybridized carbons (Fsp3) is 0.667. The molecule has 132 valence electrons. The summed E-state index contributed by atoms with van der Waals surface area (Å²) in [7, 11) is 0. The monoisotopic (exact) mass is 349 g/mol. The van der Waals surface area contributed by atoms with E-state index < -0.39 is 5.91 Å². The summed E-state index contributed by atoms with van der Waals surface area (Å²) >= 11 is 1.53. The van der Waals surface area contributed by atoms with Gasteiger partial charge >= 0.3 is 0 Å². The molecule has 2 atom stereocenters. The Hall–Kier alpha value is -1.40. The van der Waals surface area contributed by atoms with Gasteiger partial charge in [0.1, 0.15) is 5.00 Å². The molecule has 0 saturated carbocycles. The highest BCUT2D eigenvalue weighted by Crippen LogP contribution is 2.39. The molecule has 24 heavy (non-hydrogen) atoms. The quantitative estimate of drug-likeness (QED) is 0.877. The highest BCUT2D eigenvalue weighted by atomic mass is 32.1. The van der Waals surface area contributed by atoms with E-state index in [0.717, 1.165) is 44.3 Å². The van der Waals surface area contributed by atoms with Crippen LogP contribution in [0.1, 0.15) is 53.9 Å². The molecule has 1 aliphatic heterocycles. The molecule has 0 bridgehead atoms. The summed E-state index contributed by atoms with van der Waals surface area (Å²) < 4.78 is 0. The molecule has 6 heteroatoms. The first-order valence-electron chi connectivity index (χ1n) is 8.90. The molecule has 2 amide bonds. The number of primary amides is 1. The third-order valence-electron chi connectivity index (χ3n) is 5.12. The molecule has 1 fully saturated rings. The molecule has 1 saturated heterocycles. The second-order valence-electron chi connectivity index (χ2n) is 7.45.